The maximum Gasteiger partial charge on any atom is 0.272 e. The summed E-state index contributed by atoms with van der Waals surface area (Å²) in [5.41, 5.74) is -0.389. The molecule has 2 heterocycles. The molecular formula is C12H16N4O3S2. The van der Waals surface area contributed by atoms with Crippen molar-refractivity contribution in [2.24, 2.45) is 0 Å². The molecule has 114 valence electrons. The number of aromatic amines is 1. The van der Waals surface area contributed by atoms with Crippen LogP contribution in [0.1, 0.15) is 11.8 Å². The number of H-pyrrole nitrogens is 1. The number of anilines is 1. The van der Waals surface area contributed by atoms with Gasteiger partial charge < -0.3 is 5.32 Å². The third-order valence-electron chi connectivity index (χ3n) is 2.62. The van der Waals surface area contributed by atoms with E-state index in [9.17, 15) is 13.2 Å². The van der Waals surface area contributed by atoms with Crippen molar-refractivity contribution in [1.29, 1.82) is 0 Å². The molecule has 0 unspecified atom stereocenters. The van der Waals surface area contributed by atoms with Gasteiger partial charge in [0.2, 0.25) is 0 Å². The smallest absolute Gasteiger partial charge is 0.272 e. The molecule has 0 fully saturated rings. The number of thiophene rings is 1. The number of sulfonamides is 1. The normalized spacial score (nSPS) is 11.5. The van der Waals surface area contributed by atoms with Crippen LogP contribution in [0.2, 0.25) is 0 Å². The van der Waals surface area contributed by atoms with Crippen LogP contribution in [0, 0.1) is 0 Å². The predicted octanol–water partition coefficient (Wildman–Crippen LogP) is 0.784. The quantitative estimate of drug-likeness (QED) is 0.652. The number of aromatic nitrogens is 2. The van der Waals surface area contributed by atoms with Gasteiger partial charge in [-0.3, -0.25) is 9.52 Å². The van der Waals surface area contributed by atoms with E-state index in [1.165, 1.54) is 23.5 Å². The molecule has 0 atom stereocenters. The minimum absolute atomic E-state index is 0.0807. The molecule has 0 aliphatic heterocycles. The summed E-state index contributed by atoms with van der Waals surface area (Å²) >= 11 is 1.22. The van der Waals surface area contributed by atoms with E-state index in [0.29, 0.717) is 0 Å². The number of nitrogens with zero attached hydrogens (tertiary/aromatic N) is 1. The van der Waals surface area contributed by atoms with Gasteiger partial charge in [0.15, 0.2) is 5.82 Å². The molecule has 7 nitrogen and oxygen atoms in total. The van der Waals surface area contributed by atoms with Crippen molar-refractivity contribution in [1.82, 2.24) is 15.5 Å². The lowest BCUT2D eigenvalue weighted by molar-refractivity contribution is 0.603. The summed E-state index contributed by atoms with van der Waals surface area (Å²) < 4.78 is 26.9. The molecule has 0 radical (unpaired) electrons. The van der Waals surface area contributed by atoms with E-state index < -0.39 is 10.0 Å². The Labute approximate surface area is 126 Å². The van der Waals surface area contributed by atoms with Crippen LogP contribution in [0.5, 0.6) is 0 Å². The van der Waals surface area contributed by atoms with E-state index in [4.69, 9.17) is 0 Å². The maximum absolute atomic E-state index is 12.2. The van der Waals surface area contributed by atoms with Crippen LogP contribution in [0.3, 0.4) is 0 Å². The number of likely N-dealkylation sites (N-methyl/N-ethyl adjacent to an activating group) is 1. The van der Waals surface area contributed by atoms with E-state index in [1.807, 2.05) is 6.92 Å². The second-order valence-corrected chi connectivity index (χ2v) is 7.31. The fourth-order valence-electron chi connectivity index (χ4n) is 1.61. The lowest BCUT2D eigenvalue weighted by atomic mass is 10.3. The first-order chi connectivity index (χ1) is 10.0. The molecule has 0 bridgehead atoms. The zero-order chi connectivity index (χ0) is 15.3. The lowest BCUT2D eigenvalue weighted by Crippen LogP contribution is -2.16. The van der Waals surface area contributed by atoms with E-state index in [0.717, 1.165) is 24.4 Å². The third kappa shape index (κ3) is 4.38. The van der Waals surface area contributed by atoms with Gasteiger partial charge in [-0.25, -0.2) is 13.5 Å². The molecule has 21 heavy (non-hydrogen) atoms. The van der Waals surface area contributed by atoms with Gasteiger partial charge in [0.25, 0.3) is 15.6 Å². The van der Waals surface area contributed by atoms with Crippen molar-refractivity contribution in [3.05, 3.63) is 39.5 Å². The molecule has 0 aliphatic rings. The Hall–Kier alpha value is -1.71. The van der Waals surface area contributed by atoms with Crippen molar-refractivity contribution < 1.29 is 8.42 Å². The number of hydrogen-bond acceptors (Lipinski definition) is 6. The van der Waals surface area contributed by atoms with Crippen molar-refractivity contribution in [3.63, 3.8) is 0 Å². The highest BCUT2D eigenvalue weighted by Crippen LogP contribution is 2.23. The molecule has 0 amide bonds. The fourth-order valence-corrected chi connectivity index (χ4v) is 3.97. The SMILES string of the molecule is CCNCCc1ccc(S(=O)(=O)Nc2ccc(=O)[nH]n2)s1. The summed E-state index contributed by atoms with van der Waals surface area (Å²) in [6.45, 7) is 3.72. The largest absolute Gasteiger partial charge is 0.317 e. The Balaban J connectivity index is 2.08. The maximum atomic E-state index is 12.2. The molecule has 0 saturated carbocycles. The van der Waals surface area contributed by atoms with Crippen LogP contribution in [0.15, 0.2) is 33.3 Å². The number of nitrogens with one attached hydrogen (secondary N) is 3. The Bertz CT molecular complexity index is 731. The zero-order valence-corrected chi connectivity index (χ0v) is 13.1. The molecular weight excluding hydrogens is 312 g/mol. The second-order valence-electron chi connectivity index (χ2n) is 4.24. The monoisotopic (exact) mass is 328 g/mol. The molecule has 0 aromatic carbocycles. The van der Waals surface area contributed by atoms with Crippen LogP contribution >= 0.6 is 11.3 Å². The van der Waals surface area contributed by atoms with Gasteiger partial charge in [-0.05, 0) is 37.7 Å². The van der Waals surface area contributed by atoms with Crippen LogP contribution in [-0.2, 0) is 16.4 Å². The Morgan fingerprint density at radius 1 is 1.29 bits per heavy atom. The summed E-state index contributed by atoms with van der Waals surface area (Å²) in [6.07, 6.45) is 0.783. The van der Waals surface area contributed by atoms with Gasteiger partial charge >= 0.3 is 0 Å². The van der Waals surface area contributed by atoms with Gasteiger partial charge in [-0.15, -0.1) is 11.3 Å². The molecule has 2 aromatic rings. The van der Waals surface area contributed by atoms with Crippen molar-refractivity contribution in [3.8, 4) is 0 Å². The summed E-state index contributed by atoms with van der Waals surface area (Å²) in [4.78, 5) is 11.9. The van der Waals surface area contributed by atoms with Gasteiger partial charge in [0.05, 0.1) is 0 Å². The fraction of sp³-hybridized carbons (Fsp3) is 0.333. The minimum atomic E-state index is -3.67. The summed E-state index contributed by atoms with van der Waals surface area (Å²) in [6, 6.07) is 5.90. The lowest BCUT2D eigenvalue weighted by Gasteiger charge is -2.04. The Morgan fingerprint density at radius 3 is 2.76 bits per heavy atom. The van der Waals surface area contributed by atoms with Crippen LogP contribution in [0.4, 0.5) is 5.82 Å². The van der Waals surface area contributed by atoms with E-state index >= 15 is 0 Å². The van der Waals surface area contributed by atoms with Crippen LogP contribution in [0.25, 0.3) is 0 Å². The van der Waals surface area contributed by atoms with Gasteiger partial charge in [0.1, 0.15) is 4.21 Å². The molecule has 0 aliphatic carbocycles. The third-order valence-corrected chi connectivity index (χ3v) is 5.61. The van der Waals surface area contributed by atoms with E-state index in [1.54, 1.807) is 12.1 Å². The standard InChI is InChI=1S/C12H16N4O3S2/c1-2-13-8-7-9-3-6-12(20-9)21(18,19)16-10-4-5-11(17)15-14-10/h3-6,13H,2,7-8H2,1H3,(H,14,16)(H,15,17). The number of rotatable bonds is 7. The van der Waals surface area contributed by atoms with Crippen molar-refractivity contribution >= 4 is 27.2 Å². The molecule has 9 heteroatoms. The first-order valence-electron chi connectivity index (χ1n) is 6.39. The van der Waals surface area contributed by atoms with E-state index in [-0.39, 0.29) is 15.6 Å². The highest BCUT2D eigenvalue weighted by molar-refractivity contribution is 7.94. The van der Waals surface area contributed by atoms with Gasteiger partial charge in [0, 0.05) is 10.9 Å². The topological polar surface area (TPSA) is 104 Å². The van der Waals surface area contributed by atoms with Crippen molar-refractivity contribution in [2.45, 2.75) is 17.6 Å². The molecule has 2 aromatic heterocycles. The van der Waals surface area contributed by atoms with Gasteiger partial charge in [-0.1, -0.05) is 6.92 Å². The highest BCUT2D eigenvalue weighted by Gasteiger charge is 2.17. The van der Waals surface area contributed by atoms with Gasteiger partial charge in [-0.2, -0.15) is 5.10 Å². The van der Waals surface area contributed by atoms with Crippen molar-refractivity contribution in [2.75, 3.05) is 17.8 Å². The average molecular weight is 328 g/mol. The molecule has 0 spiro atoms. The average Bonchev–Trinajstić information content (AvgIpc) is 2.91. The predicted molar refractivity (Wildman–Crippen MR) is 82.2 cm³/mol. The zero-order valence-electron chi connectivity index (χ0n) is 11.4. The summed E-state index contributed by atoms with van der Waals surface area (Å²) in [5.74, 6) is 0.0807. The molecule has 3 N–H and O–H groups in total. The Kier molecular flexibility index (Phi) is 5.10. The Morgan fingerprint density at radius 2 is 2.10 bits per heavy atom. The first kappa shape index (κ1) is 15.7. The van der Waals surface area contributed by atoms with Crippen LogP contribution < -0.4 is 15.6 Å². The summed E-state index contributed by atoms with van der Waals surface area (Å²) in [5, 5.41) is 8.99. The van der Waals surface area contributed by atoms with Crippen LogP contribution in [-0.4, -0.2) is 31.7 Å². The van der Waals surface area contributed by atoms with E-state index in [2.05, 4.69) is 20.2 Å². The molecule has 2 rings (SSSR count). The second kappa shape index (κ2) is 6.83. The number of hydrogen-bond donors (Lipinski definition) is 3. The molecule has 0 saturated heterocycles. The highest BCUT2D eigenvalue weighted by atomic mass is 32.2. The first-order valence-corrected chi connectivity index (χ1v) is 8.69. The summed E-state index contributed by atoms with van der Waals surface area (Å²) in [7, 11) is -3.67. The minimum Gasteiger partial charge on any atom is -0.317 e.